The summed E-state index contributed by atoms with van der Waals surface area (Å²) in [6.45, 7) is 3.75. The molecule has 0 atom stereocenters. The third-order valence-corrected chi connectivity index (χ3v) is 3.36. The van der Waals surface area contributed by atoms with Crippen molar-refractivity contribution in [2.75, 3.05) is 25.5 Å². The maximum atomic E-state index is 4.58. The standard InChI is InChI=1S/C16H22N4/c1-13-15(11-17-2)12-18-16(19-13)20(3)10-9-14-7-5-4-6-8-14/h4-8,12,17H,9-11H2,1-3H3. The maximum absolute atomic E-state index is 4.58. The Morgan fingerprint density at radius 1 is 1.20 bits per heavy atom. The normalized spacial score (nSPS) is 10.6. The minimum Gasteiger partial charge on any atom is -0.344 e. The summed E-state index contributed by atoms with van der Waals surface area (Å²) in [5, 5.41) is 3.13. The fourth-order valence-electron chi connectivity index (χ4n) is 2.07. The summed E-state index contributed by atoms with van der Waals surface area (Å²) in [5.74, 6) is 0.790. The molecule has 2 rings (SSSR count). The van der Waals surface area contributed by atoms with Crippen LogP contribution in [0.3, 0.4) is 0 Å². The van der Waals surface area contributed by atoms with E-state index in [9.17, 15) is 0 Å². The van der Waals surface area contributed by atoms with Gasteiger partial charge in [0.25, 0.3) is 0 Å². The molecule has 4 nitrogen and oxygen atoms in total. The number of anilines is 1. The topological polar surface area (TPSA) is 41.1 Å². The van der Waals surface area contributed by atoms with Gasteiger partial charge in [-0.15, -0.1) is 0 Å². The van der Waals surface area contributed by atoms with Gasteiger partial charge in [0, 0.05) is 37.6 Å². The van der Waals surface area contributed by atoms with Crippen molar-refractivity contribution in [3.05, 3.63) is 53.3 Å². The summed E-state index contributed by atoms with van der Waals surface area (Å²) in [5.41, 5.74) is 3.52. The van der Waals surface area contributed by atoms with Crippen molar-refractivity contribution < 1.29 is 0 Å². The highest BCUT2D eigenvalue weighted by atomic mass is 15.2. The van der Waals surface area contributed by atoms with Gasteiger partial charge < -0.3 is 10.2 Å². The number of hydrogen-bond acceptors (Lipinski definition) is 4. The Kier molecular flexibility index (Phi) is 5.07. The fraction of sp³-hybridized carbons (Fsp3) is 0.375. The summed E-state index contributed by atoms with van der Waals surface area (Å²) >= 11 is 0. The first-order valence-electron chi connectivity index (χ1n) is 6.93. The van der Waals surface area contributed by atoms with Crippen LogP contribution in [0.5, 0.6) is 0 Å². The highest BCUT2D eigenvalue weighted by Gasteiger charge is 2.07. The molecular weight excluding hydrogens is 248 g/mol. The number of aromatic nitrogens is 2. The molecular formula is C16H22N4. The van der Waals surface area contributed by atoms with Crippen molar-refractivity contribution in [2.45, 2.75) is 19.9 Å². The molecule has 0 radical (unpaired) electrons. The average Bonchev–Trinajstić information content (AvgIpc) is 2.48. The smallest absolute Gasteiger partial charge is 0.225 e. The predicted octanol–water partition coefficient (Wildman–Crippen LogP) is 2.18. The lowest BCUT2D eigenvalue weighted by Gasteiger charge is -2.18. The van der Waals surface area contributed by atoms with Crippen LogP contribution in [0.4, 0.5) is 5.95 Å². The molecule has 0 aliphatic carbocycles. The van der Waals surface area contributed by atoms with Crippen molar-refractivity contribution in [3.63, 3.8) is 0 Å². The lowest BCUT2D eigenvalue weighted by molar-refractivity contribution is 0.782. The van der Waals surface area contributed by atoms with Crippen molar-refractivity contribution in [1.29, 1.82) is 0 Å². The van der Waals surface area contributed by atoms with E-state index in [4.69, 9.17) is 0 Å². The van der Waals surface area contributed by atoms with Crippen LogP contribution in [-0.2, 0) is 13.0 Å². The van der Waals surface area contributed by atoms with E-state index in [1.165, 1.54) is 5.56 Å². The van der Waals surface area contributed by atoms with E-state index in [1.807, 2.05) is 33.3 Å². The molecule has 0 bridgehead atoms. The molecule has 0 unspecified atom stereocenters. The van der Waals surface area contributed by atoms with Gasteiger partial charge in [-0.1, -0.05) is 30.3 Å². The Hall–Kier alpha value is -1.94. The van der Waals surface area contributed by atoms with Crippen molar-refractivity contribution in [3.8, 4) is 0 Å². The molecule has 0 fully saturated rings. The second-order valence-electron chi connectivity index (χ2n) is 4.97. The summed E-state index contributed by atoms with van der Waals surface area (Å²) in [7, 11) is 3.97. The van der Waals surface area contributed by atoms with Crippen LogP contribution in [0.2, 0.25) is 0 Å². The third kappa shape index (κ3) is 3.78. The van der Waals surface area contributed by atoms with E-state index in [1.54, 1.807) is 0 Å². The molecule has 20 heavy (non-hydrogen) atoms. The number of nitrogens with zero attached hydrogens (tertiary/aromatic N) is 3. The van der Waals surface area contributed by atoms with Gasteiger partial charge in [0.2, 0.25) is 5.95 Å². The van der Waals surface area contributed by atoms with Crippen LogP contribution in [0, 0.1) is 6.92 Å². The summed E-state index contributed by atoms with van der Waals surface area (Å²) in [6.07, 6.45) is 2.91. The van der Waals surface area contributed by atoms with E-state index in [0.29, 0.717) is 0 Å². The molecule has 0 saturated heterocycles. The zero-order valence-corrected chi connectivity index (χ0v) is 12.4. The SMILES string of the molecule is CNCc1cnc(N(C)CCc2ccccc2)nc1C. The molecule has 0 saturated carbocycles. The van der Waals surface area contributed by atoms with Crippen LogP contribution in [0.15, 0.2) is 36.5 Å². The number of benzene rings is 1. The van der Waals surface area contributed by atoms with E-state index >= 15 is 0 Å². The maximum Gasteiger partial charge on any atom is 0.225 e. The van der Waals surface area contributed by atoms with Crippen molar-refractivity contribution in [1.82, 2.24) is 15.3 Å². The Morgan fingerprint density at radius 3 is 2.60 bits per heavy atom. The van der Waals surface area contributed by atoms with Crippen LogP contribution in [0.25, 0.3) is 0 Å². The van der Waals surface area contributed by atoms with Crippen molar-refractivity contribution >= 4 is 5.95 Å². The van der Waals surface area contributed by atoms with Gasteiger partial charge in [0.15, 0.2) is 0 Å². The molecule has 1 N–H and O–H groups in total. The van der Waals surface area contributed by atoms with E-state index in [0.717, 1.165) is 36.7 Å². The second-order valence-corrected chi connectivity index (χ2v) is 4.97. The lowest BCUT2D eigenvalue weighted by Crippen LogP contribution is -2.23. The van der Waals surface area contributed by atoms with E-state index in [-0.39, 0.29) is 0 Å². The molecule has 2 aromatic rings. The van der Waals surface area contributed by atoms with Gasteiger partial charge in [-0.05, 0) is 26.0 Å². The predicted molar refractivity (Wildman–Crippen MR) is 82.9 cm³/mol. The highest BCUT2D eigenvalue weighted by Crippen LogP contribution is 2.11. The van der Waals surface area contributed by atoms with Gasteiger partial charge in [0.05, 0.1) is 0 Å². The van der Waals surface area contributed by atoms with Crippen LogP contribution in [-0.4, -0.2) is 30.6 Å². The molecule has 1 heterocycles. The third-order valence-electron chi connectivity index (χ3n) is 3.36. The molecule has 1 aromatic carbocycles. The van der Waals surface area contributed by atoms with Crippen LogP contribution < -0.4 is 10.2 Å². The Labute approximate surface area is 120 Å². The molecule has 106 valence electrons. The quantitative estimate of drug-likeness (QED) is 0.873. The molecule has 4 heteroatoms. The van der Waals surface area contributed by atoms with Crippen LogP contribution >= 0.6 is 0 Å². The molecule has 1 aromatic heterocycles. The highest BCUT2D eigenvalue weighted by molar-refractivity contribution is 5.32. The molecule has 0 amide bonds. The number of rotatable bonds is 6. The first-order valence-corrected chi connectivity index (χ1v) is 6.93. The average molecular weight is 270 g/mol. The Morgan fingerprint density at radius 2 is 1.95 bits per heavy atom. The fourth-order valence-corrected chi connectivity index (χ4v) is 2.07. The molecule has 0 aliphatic heterocycles. The van der Waals surface area contributed by atoms with Crippen LogP contribution in [0.1, 0.15) is 16.8 Å². The second kappa shape index (κ2) is 7.01. The summed E-state index contributed by atoms with van der Waals surface area (Å²) in [6, 6.07) is 10.5. The van der Waals surface area contributed by atoms with Gasteiger partial charge in [0.1, 0.15) is 0 Å². The Bertz CT molecular complexity index is 539. The van der Waals surface area contributed by atoms with E-state index < -0.39 is 0 Å². The van der Waals surface area contributed by atoms with Gasteiger partial charge in [-0.3, -0.25) is 0 Å². The van der Waals surface area contributed by atoms with E-state index in [2.05, 4.69) is 44.5 Å². The first-order chi connectivity index (χ1) is 9.70. The summed E-state index contributed by atoms with van der Waals surface area (Å²) < 4.78 is 0. The summed E-state index contributed by atoms with van der Waals surface area (Å²) in [4.78, 5) is 11.1. The molecule has 0 aliphatic rings. The largest absolute Gasteiger partial charge is 0.344 e. The lowest BCUT2D eigenvalue weighted by atomic mass is 10.1. The minimum absolute atomic E-state index is 0.790. The Balaban J connectivity index is 1.98. The van der Waals surface area contributed by atoms with Gasteiger partial charge >= 0.3 is 0 Å². The minimum atomic E-state index is 0.790. The monoisotopic (exact) mass is 270 g/mol. The molecule has 0 spiro atoms. The zero-order valence-electron chi connectivity index (χ0n) is 12.4. The zero-order chi connectivity index (χ0) is 14.4. The number of likely N-dealkylation sites (N-methyl/N-ethyl adjacent to an activating group) is 1. The first kappa shape index (κ1) is 14.5. The van der Waals surface area contributed by atoms with Crippen molar-refractivity contribution in [2.24, 2.45) is 0 Å². The van der Waals surface area contributed by atoms with Gasteiger partial charge in [-0.2, -0.15) is 0 Å². The number of hydrogen-bond donors (Lipinski definition) is 1. The number of aryl methyl sites for hydroxylation is 1. The van der Waals surface area contributed by atoms with Gasteiger partial charge in [-0.25, -0.2) is 9.97 Å². The number of nitrogens with one attached hydrogen (secondary N) is 1.